The molecule has 2 aliphatic rings. The van der Waals surface area contributed by atoms with Crippen LogP contribution >= 0.6 is 23.1 Å². The molecule has 1 aliphatic heterocycles. The van der Waals surface area contributed by atoms with E-state index in [1.54, 1.807) is 11.8 Å². The summed E-state index contributed by atoms with van der Waals surface area (Å²) < 4.78 is 6.57. The van der Waals surface area contributed by atoms with Gasteiger partial charge in [-0.05, 0) is 43.4 Å². The summed E-state index contributed by atoms with van der Waals surface area (Å²) in [6.45, 7) is 0.0526. The van der Waals surface area contributed by atoms with E-state index >= 15 is 0 Å². The fraction of sp³-hybridized carbons (Fsp3) is 0.524. The molecular weight excluding hydrogens is 408 g/mol. The van der Waals surface area contributed by atoms with Gasteiger partial charge in [-0.15, -0.1) is 11.3 Å². The Labute approximate surface area is 178 Å². The Hall–Kier alpha value is -1.93. The molecule has 2 amide bonds. The lowest BCUT2D eigenvalue weighted by Crippen LogP contribution is -2.46. The molecule has 1 saturated carbocycles. The molecule has 3 atom stereocenters. The lowest BCUT2D eigenvalue weighted by molar-refractivity contribution is -0.160. The minimum absolute atomic E-state index is 0.0526. The van der Waals surface area contributed by atoms with Gasteiger partial charge in [0.2, 0.25) is 11.8 Å². The third-order valence-corrected chi connectivity index (χ3v) is 7.38. The Morgan fingerprint density at radius 1 is 1.24 bits per heavy atom. The van der Waals surface area contributed by atoms with Gasteiger partial charge in [0.1, 0.15) is 17.7 Å². The maximum atomic E-state index is 12.9. The molecule has 1 aromatic heterocycles. The van der Waals surface area contributed by atoms with Gasteiger partial charge >= 0.3 is 5.97 Å². The normalized spacial score (nSPS) is 22.7. The lowest BCUT2D eigenvalue weighted by atomic mass is 9.81. The van der Waals surface area contributed by atoms with Crippen LogP contribution < -0.4 is 0 Å². The summed E-state index contributed by atoms with van der Waals surface area (Å²) in [4.78, 5) is 44.5. The molecule has 154 valence electrons. The summed E-state index contributed by atoms with van der Waals surface area (Å²) in [6, 6.07) is 6.91. The summed E-state index contributed by atoms with van der Waals surface area (Å²) in [6.07, 6.45) is 5.76. The van der Waals surface area contributed by atoms with Crippen molar-refractivity contribution >= 4 is 51.1 Å². The largest absolute Gasteiger partial charge is 0.457 e. The summed E-state index contributed by atoms with van der Waals surface area (Å²) in [7, 11) is 0. The van der Waals surface area contributed by atoms with Gasteiger partial charge in [-0.25, -0.2) is 9.78 Å². The predicted octanol–water partition coefficient (Wildman–Crippen LogP) is 3.64. The molecule has 29 heavy (non-hydrogen) atoms. The number of imide groups is 1. The molecule has 0 spiro atoms. The SMILES string of the molecule is CSCC[C@H](C(=O)OCc1nc2ccccc2s1)N1C(=O)[C@H]2CCCC[C@@H]2C1=O. The fourth-order valence-electron chi connectivity index (χ4n) is 4.29. The zero-order valence-corrected chi connectivity index (χ0v) is 18.0. The van der Waals surface area contributed by atoms with Crippen molar-refractivity contribution in [2.24, 2.45) is 11.8 Å². The van der Waals surface area contributed by atoms with E-state index in [2.05, 4.69) is 4.98 Å². The molecule has 1 aromatic carbocycles. The van der Waals surface area contributed by atoms with Crippen LogP contribution in [0.4, 0.5) is 0 Å². The number of nitrogens with zero attached hydrogens (tertiary/aromatic N) is 2. The number of carbonyl (C=O) groups is 3. The highest BCUT2D eigenvalue weighted by Gasteiger charge is 2.52. The van der Waals surface area contributed by atoms with Crippen molar-refractivity contribution in [1.29, 1.82) is 0 Å². The van der Waals surface area contributed by atoms with Crippen molar-refractivity contribution in [1.82, 2.24) is 9.88 Å². The highest BCUT2D eigenvalue weighted by atomic mass is 32.2. The first-order valence-corrected chi connectivity index (χ1v) is 12.2. The quantitative estimate of drug-likeness (QED) is 0.491. The van der Waals surface area contributed by atoms with E-state index in [0.717, 1.165) is 35.9 Å². The number of carbonyl (C=O) groups excluding carboxylic acids is 3. The van der Waals surface area contributed by atoms with Gasteiger partial charge < -0.3 is 4.74 Å². The van der Waals surface area contributed by atoms with Crippen LogP contribution in [0.25, 0.3) is 10.2 Å². The Morgan fingerprint density at radius 2 is 1.93 bits per heavy atom. The van der Waals surface area contributed by atoms with Crippen molar-refractivity contribution < 1.29 is 19.1 Å². The molecule has 2 fully saturated rings. The van der Waals surface area contributed by atoms with Crippen LogP contribution in [0.2, 0.25) is 0 Å². The number of amides is 2. The highest BCUT2D eigenvalue weighted by molar-refractivity contribution is 7.98. The highest BCUT2D eigenvalue weighted by Crippen LogP contribution is 2.39. The van der Waals surface area contributed by atoms with E-state index in [4.69, 9.17) is 4.74 Å². The molecular formula is C21H24N2O4S2. The summed E-state index contributed by atoms with van der Waals surface area (Å²) in [5.74, 6) is -0.743. The average Bonchev–Trinajstić information content (AvgIpc) is 3.27. The van der Waals surface area contributed by atoms with E-state index < -0.39 is 12.0 Å². The number of rotatable bonds is 7. The van der Waals surface area contributed by atoms with Crippen LogP contribution in [-0.4, -0.2) is 45.7 Å². The summed E-state index contributed by atoms with van der Waals surface area (Å²) in [5.41, 5.74) is 0.872. The van der Waals surface area contributed by atoms with Crippen LogP contribution in [0, 0.1) is 11.8 Å². The smallest absolute Gasteiger partial charge is 0.329 e. The van der Waals surface area contributed by atoms with E-state index in [1.165, 1.54) is 16.2 Å². The van der Waals surface area contributed by atoms with Crippen LogP contribution in [0.15, 0.2) is 24.3 Å². The second kappa shape index (κ2) is 8.83. The van der Waals surface area contributed by atoms with Gasteiger partial charge in [0.25, 0.3) is 0 Å². The number of thiazole rings is 1. The maximum Gasteiger partial charge on any atom is 0.329 e. The minimum atomic E-state index is -0.845. The third-order valence-electron chi connectivity index (χ3n) is 5.73. The number of hydrogen-bond acceptors (Lipinski definition) is 7. The van der Waals surface area contributed by atoms with Crippen molar-refractivity contribution in [3.05, 3.63) is 29.3 Å². The second-order valence-electron chi connectivity index (χ2n) is 7.52. The van der Waals surface area contributed by atoms with E-state index in [-0.39, 0.29) is 30.3 Å². The standard InChI is InChI=1S/C21H24N2O4S2/c1-28-11-10-16(23-19(24)13-6-2-3-7-14(13)20(23)25)21(26)27-12-18-22-15-8-4-5-9-17(15)29-18/h4-5,8-9,13-14,16H,2-3,6-7,10-12H2,1H3/t13-,14-,16+/m0/s1. The predicted molar refractivity (Wildman–Crippen MR) is 114 cm³/mol. The van der Waals surface area contributed by atoms with Gasteiger partial charge in [0.15, 0.2) is 0 Å². The average molecular weight is 433 g/mol. The monoisotopic (exact) mass is 432 g/mol. The van der Waals surface area contributed by atoms with Crippen molar-refractivity contribution in [3.63, 3.8) is 0 Å². The molecule has 1 saturated heterocycles. The van der Waals surface area contributed by atoms with Crippen LogP contribution in [-0.2, 0) is 25.7 Å². The molecule has 0 N–H and O–H groups in total. The maximum absolute atomic E-state index is 12.9. The number of benzene rings is 1. The van der Waals surface area contributed by atoms with Crippen LogP contribution in [0.1, 0.15) is 37.1 Å². The van der Waals surface area contributed by atoms with E-state index in [0.29, 0.717) is 17.2 Å². The summed E-state index contributed by atoms with van der Waals surface area (Å²) >= 11 is 3.06. The second-order valence-corrected chi connectivity index (χ2v) is 9.63. The molecule has 8 heteroatoms. The third kappa shape index (κ3) is 4.05. The lowest BCUT2D eigenvalue weighted by Gasteiger charge is -2.24. The first-order valence-electron chi connectivity index (χ1n) is 9.97. The zero-order valence-electron chi connectivity index (χ0n) is 16.3. The number of ether oxygens (including phenoxy) is 1. The number of aromatic nitrogens is 1. The Morgan fingerprint density at radius 3 is 2.59 bits per heavy atom. The first kappa shape index (κ1) is 20.3. The van der Waals surface area contributed by atoms with E-state index in [9.17, 15) is 14.4 Å². The Kier molecular flexibility index (Phi) is 6.20. The molecule has 2 heterocycles. The molecule has 6 nitrogen and oxygen atoms in total. The number of likely N-dealkylation sites (tertiary alicyclic amines) is 1. The fourth-order valence-corrected chi connectivity index (χ4v) is 5.63. The Bertz CT molecular complexity index is 871. The van der Waals surface area contributed by atoms with Crippen LogP contribution in [0.5, 0.6) is 0 Å². The number of fused-ring (bicyclic) bond motifs is 2. The van der Waals surface area contributed by atoms with Gasteiger partial charge in [0.05, 0.1) is 22.1 Å². The van der Waals surface area contributed by atoms with Gasteiger partial charge in [-0.2, -0.15) is 11.8 Å². The molecule has 0 radical (unpaired) electrons. The molecule has 2 aromatic rings. The van der Waals surface area contributed by atoms with Crippen molar-refractivity contribution in [3.8, 4) is 0 Å². The van der Waals surface area contributed by atoms with Crippen molar-refractivity contribution in [2.45, 2.75) is 44.8 Å². The van der Waals surface area contributed by atoms with E-state index in [1.807, 2.05) is 30.5 Å². The van der Waals surface area contributed by atoms with Gasteiger partial charge in [-0.3, -0.25) is 14.5 Å². The topological polar surface area (TPSA) is 76.6 Å². The Balaban J connectivity index is 1.49. The number of para-hydroxylation sites is 1. The molecule has 1 aliphatic carbocycles. The van der Waals surface area contributed by atoms with Gasteiger partial charge in [0, 0.05) is 0 Å². The zero-order chi connectivity index (χ0) is 20.4. The number of esters is 1. The number of hydrogen-bond donors (Lipinski definition) is 0. The summed E-state index contributed by atoms with van der Waals surface area (Å²) in [5, 5.41) is 0.705. The molecule has 0 bridgehead atoms. The van der Waals surface area contributed by atoms with Crippen LogP contribution in [0.3, 0.4) is 0 Å². The number of thioether (sulfide) groups is 1. The van der Waals surface area contributed by atoms with Gasteiger partial charge in [-0.1, -0.05) is 25.0 Å². The van der Waals surface area contributed by atoms with Crippen molar-refractivity contribution in [2.75, 3.05) is 12.0 Å². The first-order chi connectivity index (χ1) is 14.1. The minimum Gasteiger partial charge on any atom is -0.457 e. The molecule has 0 unspecified atom stereocenters. The molecule has 4 rings (SSSR count).